The summed E-state index contributed by atoms with van der Waals surface area (Å²) in [5.41, 5.74) is 9.08. The van der Waals surface area contributed by atoms with E-state index in [-0.39, 0.29) is 5.41 Å². The Bertz CT molecular complexity index is 1750. The van der Waals surface area contributed by atoms with Gasteiger partial charge in [0.2, 0.25) is 0 Å². The second kappa shape index (κ2) is 10.5. The number of nitrogens with one attached hydrogen (secondary N) is 3. The molecule has 0 aliphatic rings. The van der Waals surface area contributed by atoms with Crippen molar-refractivity contribution in [2.45, 2.75) is 41.0 Å². The van der Waals surface area contributed by atoms with Crippen LogP contribution in [0, 0.1) is 12.3 Å². The molecule has 0 saturated carbocycles. The number of benzene rings is 1. The molecule has 4 heterocycles. The first kappa shape index (κ1) is 26.4. The van der Waals surface area contributed by atoms with Crippen LogP contribution in [-0.2, 0) is 0 Å². The predicted molar refractivity (Wildman–Crippen MR) is 165 cm³/mol. The fraction of sp³-hybridized carbons (Fsp3) is 0.219. The molecule has 198 valence electrons. The highest BCUT2D eigenvalue weighted by Crippen LogP contribution is 2.34. The first-order chi connectivity index (χ1) is 18.6. The number of aryl methyl sites for hydroxylation is 1. The summed E-state index contributed by atoms with van der Waals surface area (Å²) in [5.74, 6) is 0.686. The van der Waals surface area contributed by atoms with Crippen LogP contribution in [0.5, 0.6) is 0 Å². The Morgan fingerprint density at radius 1 is 1.05 bits per heavy atom. The molecule has 1 aromatic carbocycles. The van der Waals surface area contributed by atoms with Crippen LogP contribution in [0.25, 0.3) is 49.6 Å². The Labute approximate surface area is 233 Å². The van der Waals surface area contributed by atoms with Crippen LogP contribution in [0.1, 0.15) is 44.7 Å². The van der Waals surface area contributed by atoms with E-state index in [1.54, 1.807) is 17.4 Å². The molecule has 0 bridgehead atoms. The number of hydrogen-bond acceptors (Lipinski definition) is 5. The number of para-hydroxylation sites is 1. The molecule has 0 aliphatic carbocycles. The second-order valence-electron chi connectivity index (χ2n) is 10.9. The van der Waals surface area contributed by atoms with Crippen molar-refractivity contribution in [3.05, 3.63) is 95.8 Å². The van der Waals surface area contributed by atoms with Gasteiger partial charge >= 0.3 is 0 Å². The lowest BCUT2D eigenvalue weighted by Crippen LogP contribution is -2.16. The number of nitrogens with zero attached hydrogens (tertiary/aromatic N) is 3. The summed E-state index contributed by atoms with van der Waals surface area (Å²) in [7, 11) is 0. The van der Waals surface area contributed by atoms with E-state index in [0.29, 0.717) is 11.5 Å². The van der Waals surface area contributed by atoms with E-state index >= 15 is 0 Å². The quantitative estimate of drug-likeness (QED) is 0.174. The van der Waals surface area contributed by atoms with E-state index < -0.39 is 0 Å². The molecule has 5 aromatic rings. The molecule has 0 atom stereocenters. The van der Waals surface area contributed by atoms with Gasteiger partial charge in [0.15, 0.2) is 11.5 Å². The molecule has 5 rings (SSSR count). The van der Waals surface area contributed by atoms with Crippen molar-refractivity contribution in [1.29, 1.82) is 0 Å². The molecule has 0 spiro atoms. The van der Waals surface area contributed by atoms with Crippen LogP contribution in [-0.4, -0.2) is 25.1 Å². The second-order valence-corrected chi connectivity index (χ2v) is 12.2. The summed E-state index contributed by atoms with van der Waals surface area (Å²) >= 11 is 1.77. The Morgan fingerprint density at radius 2 is 1.87 bits per heavy atom. The van der Waals surface area contributed by atoms with E-state index in [0.717, 1.165) is 56.7 Å². The van der Waals surface area contributed by atoms with Gasteiger partial charge in [0, 0.05) is 26.7 Å². The number of fused-ring (bicyclic) bond motifs is 2. The minimum Gasteiger partial charge on any atom is -0.359 e. The van der Waals surface area contributed by atoms with E-state index in [1.165, 1.54) is 9.75 Å². The Kier molecular flexibility index (Phi) is 7.10. The molecule has 39 heavy (non-hydrogen) atoms. The van der Waals surface area contributed by atoms with Crippen molar-refractivity contribution in [2.24, 2.45) is 5.41 Å². The minimum atomic E-state index is 0.143. The van der Waals surface area contributed by atoms with E-state index in [9.17, 15) is 0 Å². The average Bonchev–Trinajstić information content (AvgIpc) is 3.62. The summed E-state index contributed by atoms with van der Waals surface area (Å²) in [6, 6.07) is 14.5. The van der Waals surface area contributed by atoms with E-state index in [1.807, 2.05) is 37.3 Å². The van der Waals surface area contributed by atoms with Crippen molar-refractivity contribution >= 4 is 39.0 Å². The lowest BCUT2D eigenvalue weighted by atomic mass is 9.91. The van der Waals surface area contributed by atoms with Gasteiger partial charge in [-0.1, -0.05) is 52.1 Å². The first-order valence-electron chi connectivity index (χ1n) is 13.0. The highest BCUT2D eigenvalue weighted by Gasteiger charge is 2.18. The van der Waals surface area contributed by atoms with Crippen LogP contribution in [0.15, 0.2) is 85.2 Å². The fourth-order valence-corrected chi connectivity index (χ4v) is 5.55. The van der Waals surface area contributed by atoms with Gasteiger partial charge in [0.25, 0.3) is 0 Å². The molecule has 3 N–H and O–H groups in total. The maximum absolute atomic E-state index is 5.01. The van der Waals surface area contributed by atoms with Gasteiger partial charge in [-0.15, -0.1) is 11.3 Å². The summed E-state index contributed by atoms with van der Waals surface area (Å²) < 4.78 is 0. The third kappa shape index (κ3) is 5.64. The lowest BCUT2D eigenvalue weighted by molar-refractivity contribution is 0.403. The van der Waals surface area contributed by atoms with Crippen molar-refractivity contribution < 1.29 is 0 Å². The zero-order valence-corrected chi connectivity index (χ0v) is 24.0. The lowest BCUT2D eigenvalue weighted by Gasteiger charge is -2.21. The normalized spacial score (nSPS) is 12.8. The summed E-state index contributed by atoms with van der Waals surface area (Å²) in [5, 5.41) is 11.1. The number of aromatic amines is 2. The molecule has 7 heteroatoms. The predicted octanol–water partition coefficient (Wildman–Crippen LogP) is 8.55. The Balaban J connectivity index is 1.51. The maximum atomic E-state index is 5.01. The molecular weight excluding hydrogens is 500 g/mol. The number of allylic oxidation sites excluding steroid dienone is 5. The van der Waals surface area contributed by atoms with Crippen LogP contribution < -0.4 is 5.32 Å². The maximum Gasteiger partial charge on any atom is 0.161 e. The smallest absolute Gasteiger partial charge is 0.161 e. The van der Waals surface area contributed by atoms with Crippen molar-refractivity contribution in [3.63, 3.8) is 0 Å². The van der Waals surface area contributed by atoms with Gasteiger partial charge < -0.3 is 10.3 Å². The molecule has 0 aliphatic heterocycles. The average molecular weight is 535 g/mol. The third-order valence-electron chi connectivity index (χ3n) is 6.35. The monoisotopic (exact) mass is 534 g/mol. The Morgan fingerprint density at radius 3 is 2.56 bits per heavy atom. The third-order valence-corrected chi connectivity index (χ3v) is 7.39. The molecule has 4 aromatic heterocycles. The van der Waals surface area contributed by atoms with Crippen LogP contribution in [0.2, 0.25) is 0 Å². The van der Waals surface area contributed by atoms with Crippen LogP contribution >= 0.6 is 11.3 Å². The van der Waals surface area contributed by atoms with Gasteiger partial charge in [-0.25, -0.2) is 9.97 Å². The van der Waals surface area contributed by atoms with Crippen molar-refractivity contribution in [2.75, 3.05) is 0 Å². The summed E-state index contributed by atoms with van der Waals surface area (Å²) in [6.45, 7) is 18.9. The Hall–Kier alpha value is -4.23. The summed E-state index contributed by atoms with van der Waals surface area (Å²) in [4.78, 5) is 15.9. The summed E-state index contributed by atoms with van der Waals surface area (Å²) in [6.07, 6.45) is 6.75. The minimum absolute atomic E-state index is 0.143. The molecule has 6 nitrogen and oxygen atoms in total. The number of hydrogen-bond donors (Lipinski definition) is 3. The van der Waals surface area contributed by atoms with E-state index in [4.69, 9.17) is 9.97 Å². The zero-order valence-electron chi connectivity index (χ0n) is 23.1. The number of aromatic nitrogens is 5. The topological polar surface area (TPSA) is 82.3 Å². The largest absolute Gasteiger partial charge is 0.359 e. The van der Waals surface area contributed by atoms with Gasteiger partial charge in [-0.05, 0) is 73.7 Å². The van der Waals surface area contributed by atoms with Gasteiger partial charge in [0.05, 0.1) is 22.2 Å². The van der Waals surface area contributed by atoms with Gasteiger partial charge in [0.1, 0.15) is 5.52 Å². The molecule has 0 unspecified atom stereocenters. The number of rotatable bonds is 8. The van der Waals surface area contributed by atoms with Crippen molar-refractivity contribution in [3.8, 4) is 22.0 Å². The molecule has 0 fully saturated rings. The zero-order chi connectivity index (χ0) is 27.7. The van der Waals surface area contributed by atoms with Crippen molar-refractivity contribution in [1.82, 2.24) is 30.5 Å². The first-order valence-corrected chi connectivity index (χ1v) is 13.8. The number of pyridine rings is 1. The van der Waals surface area contributed by atoms with Gasteiger partial charge in [-0.3, -0.25) is 5.10 Å². The molecule has 0 saturated heterocycles. The van der Waals surface area contributed by atoms with Crippen LogP contribution in [0.4, 0.5) is 0 Å². The fourth-order valence-electron chi connectivity index (χ4n) is 4.65. The highest BCUT2D eigenvalue weighted by molar-refractivity contribution is 7.15. The molecular formula is C32H34N6S. The van der Waals surface area contributed by atoms with Gasteiger partial charge in [-0.2, -0.15) is 5.10 Å². The number of thiophene rings is 1. The molecule has 0 amide bonds. The standard InChI is InChI=1S/C32H34N6S/c1-8-21(17-22(9-2)33-19(3)18-32(5,6)7)24-14-15-26-29(34-24)30(38-37-26)31-35-25-12-10-11-23(28(25)36-31)27-16-13-20(4)39-27/h8-17,33H,2-3,18H2,1,4-7H3,(H,35,36)(H,37,38)/b21-8+,22-17+. The molecule has 0 radical (unpaired) electrons. The van der Waals surface area contributed by atoms with Crippen LogP contribution in [0.3, 0.4) is 0 Å². The van der Waals surface area contributed by atoms with E-state index in [2.05, 4.69) is 85.6 Å². The highest BCUT2D eigenvalue weighted by atomic mass is 32.1. The number of H-pyrrole nitrogens is 2. The number of imidazole rings is 1. The SMILES string of the molecule is C=C/C(=C\C(=C/C)c1ccc2[nH]nc(-c3nc4c(-c5ccc(C)s5)cccc4[nH]3)c2n1)NC(=C)CC(C)(C)C.